The van der Waals surface area contributed by atoms with Gasteiger partial charge >= 0.3 is 5.97 Å². The van der Waals surface area contributed by atoms with Crippen molar-refractivity contribution < 1.29 is 29.4 Å². The van der Waals surface area contributed by atoms with Gasteiger partial charge in [0.25, 0.3) is 0 Å². The van der Waals surface area contributed by atoms with Gasteiger partial charge in [-0.2, -0.15) is 0 Å². The third kappa shape index (κ3) is 12.5. The Morgan fingerprint density at radius 3 is 1.76 bits per heavy atom. The maximum Gasteiger partial charge on any atom is 0.328 e. The second kappa shape index (κ2) is 15.6. The Balaban J connectivity index is 5.49. The average Bonchev–Trinajstić information content (AvgIpc) is 2.69. The van der Waals surface area contributed by atoms with Crippen LogP contribution >= 0.6 is 0 Å². The van der Waals surface area contributed by atoms with Gasteiger partial charge in [0.15, 0.2) is 6.04 Å². The summed E-state index contributed by atoms with van der Waals surface area (Å²) in [4.78, 5) is 49.6. The van der Waals surface area contributed by atoms with Crippen LogP contribution in [-0.4, -0.2) is 70.7 Å². The van der Waals surface area contributed by atoms with E-state index in [1.54, 1.807) is 0 Å². The highest BCUT2D eigenvalue weighted by atomic mass is 16.4. The summed E-state index contributed by atoms with van der Waals surface area (Å²) in [6.07, 6.45) is 0.797. The molecule has 9 N–H and O–H groups in total. The van der Waals surface area contributed by atoms with Crippen molar-refractivity contribution in [3.8, 4) is 0 Å². The van der Waals surface area contributed by atoms with E-state index >= 15 is 0 Å². The van der Waals surface area contributed by atoms with Crippen molar-refractivity contribution in [3.05, 3.63) is 0 Å². The number of carbonyl (C=O) groups excluding carboxylic acids is 3. The Morgan fingerprint density at radius 2 is 1.30 bits per heavy atom. The minimum atomic E-state index is -1.52. The molecular weight excluding hydrogens is 430 g/mol. The quantitative estimate of drug-likeness (QED) is 0.145. The highest BCUT2D eigenvalue weighted by molar-refractivity contribution is 5.94. The molecule has 0 fully saturated rings. The molecule has 0 aromatic carbocycles. The van der Waals surface area contributed by atoms with Crippen molar-refractivity contribution in [3.63, 3.8) is 0 Å². The van der Waals surface area contributed by atoms with Gasteiger partial charge in [-0.15, -0.1) is 0 Å². The molecule has 0 bridgehead atoms. The van der Waals surface area contributed by atoms with Gasteiger partial charge in [0.1, 0.15) is 12.1 Å². The number of hydrogen-bond donors (Lipinski definition) is 7. The van der Waals surface area contributed by atoms with E-state index in [1.807, 2.05) is 27.7 Å². The van der Waals surface area contributed by atoms with E-state index in [0.29, 0.717) is 32.2 Å². The Hall–Kier alpha value is -2.24. The summed E-state index contributed by atoms with van der Waals surface area (Å²) in [5.41, 5.74) is 11.5. The summed E-state index contributed by atoms with van der Waals surface area (Å²) in [5.74, 6) is -2.87. The average molecular weight is 474 g/mol. The molecule has 0 heterocycles. The number of aliphatic hydroxyl groups excluding tert-OH is 1. The molecule has 0 aliphatic rings. The highest BCUT2D eigenvalue weighted by Gasteiger charge is 2.32. The van der Waals surface area contributed by atoms with Crippen LogP contribution < -0.4 is 27.4 Å². The van der Waals surface area contributed by atoms with Gasteiger partial charge in [0.05, 0.1) is 12.1 Å². The standard InChI is InChI=1S/C22H43N5O6/c1-12(2)10-15(24)19(29)26-17(11-13(3)4)21(31)25-16(8-6-7-9-23)20(30)27-18(14(5)28)22(32)33/h12-18,28H,6-11,23-24H2,1-5H3,(H,25,31)(H,26,29)(H,27,30)(H,32,33). The van der Waals surface area contributed by atoms with E-state index in [0.717, 1.165) is 0 Å². The van der Waals surface area contributed by atoms with Gasteiger partial charge in [-0.25, -0.2) is 4.79 Å². The van der Waals surface area contributed by atoms with E-state index in [9.17, 15) is 29.4 Å². The molecule has 0 rings (SSSR count). The second-order valence-electron chi connectivity index (χ2n) is 9.34. The molecule has 11 nitrogen and oxygen atoms in total. The van der Waals surface area contributed by atoms with Gasteiger partial charge in [0.2, 0.25) is 17.7 Å². The molecule has 0 radical (unpaired) electrons. The Morgan fingerprint density at radius 1 is 0.788 bits per heavy atom. The first kappa shape index (κ1) is 30.8. The monoisotopic (exact) mass is 473 g/mol. The summed E-state index contributed by atoms with van der Waals surface area (Å²) in [7, 11) is 0. The number of unbranched alkanes of at least 4 members (excludes halogenated alkanes) is 1. The fraction of sp³-hybridized carbons (Fsp3) is 0.818. The summed E-state index contributed by atoms with van der Waals surface area (Å²) >= 11 is 0. The van der Waals surface area contributed by atoms with E-state index in [-0.39, 0.29) is 18.3 Å². The number of carboxylic acids is 1. The minimum Gasteiger partial charge on any atom is -0.480 e. The van der Waals surface area contributed by atoms with Crippen LogP contribution in [0.4, 0.5) is 0 Å². The first-order valence-corrected chi connectivity index (χ1v) is 11.6. The Kier molecular flexibility index (Phi) is 14.5. The van der Waals surface area contributed by atoms with Crippen LogP contribution in [0.15, 0.2) is 0 Å². The van der Waals surface area contributed by atoms with Crippen LogP contribution in [0.5, 0.6) is 0 Å². The second-order valence-corrected chi connectivity index (χ2v) is 9.34. The zero-order valence-corrected chi connectivity index (χ0v) is 20.5. The van der Waals surface area contributed by atoms with Crippen molar-refractivity contribution in [1.82, 2.24) is 16.0 Å². The maximum atomic E-state index is 13.0. The number of aliphatic carboxylic acids is 1. The predicted octanol–water partition coefficient (Wildman–Crippen LogP) is -0.545. The molecule has 192 valence electrons. The number of rotatable bonds is 16. The lowest BCUT2D eigenvalue weighted by Crippen LogP contribution is -2.58. The van der Waals surface area contributed by atoms with Gasteiger partial charge in [-0.3, -0.25) is 14.4 Å². The molecule has 0 spiro atoms. The summed E-state index contributed by atoms with van der Waals surface area (Å²) < 4.78 is 0. The van der Waals surface area contributed by atoms with Crippen LogP contribution in [0, 0.1) is 11.8 Å². The topological polar surface area (TPSA) is 197 Å². The number of aliphatic hydroxyl groups is 1. The number of nitrogens with one attached hydrogen (secondary N) is 3. The molecule has 0 aromatic rings. The van der Waals surface area contributed by atoms with Crippen LogP contribution in [0.25, 0.3) is 0 Å². The molecule has 0 saturated heterocycles. The fourth-order valence-corrected chi connectivity index (χ4v) is 3.27. The van der Waals surface area contributed by atoms with Gasteiger partial charge in [-0.05, 0) is 57.4 Å². The largest absolute Gasteiger partial charge is 0.480 e. The van der Waals surface area contributed by atoms with Crippen molar-refractivity contribution in [1.29, 1.82) is 0 Å². The smallest absolute Gasteiger partial charge is 0.328 e. The SMILES string of the molecule is CC(C)CC(N)C(=O)NC(CC(C)C)C(=O)NC(CCCCN)C(=O)NC(C(=O)O)C(C)O. The molecule has 3 amide bonds. The molecule has 5 unspecified atom stereocenters. The minimum absolute atomic E-state index is 0.0681. The molecule has 33 heavy (non-hydrogen) atoms. The predicted molar refractivity (Wildman–Crippen MR) is 125 cm³/mol. The molecule has 0 aliphatic heterocycles. The first-order chi connectivity index (χ1) is 15.3. The number of amides is 3. The third-order valence-electron chi connectivity index (χ3n) is 5.03. The number of carboxylic acid groups (broad SMARTS) is 1. The molecule has 11 heteroatoms. The zero-order valence-electron chi connectivity index (χ0n) is 20.5. The molecular formula is C22H43N5O6. The van der Waals surface area contributed by atoms with Crippen LogP contribution in [0.3, 0.4) is 0 Å². The molecule has 0 aliphatic carbocycles. The maximum absolute atomic E-state index is 13.0. The van der Waals surface area contributed by atoms with Gasteiger partial charge < -0.3 is 37.6 Å². The Bertz CT molecular complexity index is 641. The number of carbonyl (C=O) groups is 4. The molecule has 0 aromatic heterocycles. The lowest BCUT2D eigenvalue weighted by atomic mass is 10.00. The summed E-state index contributed by atoms with van der Waals surface area (Å²) in [6.45, 7) is 9.31. The van der Waals surface area contributed by atoms with Crippen LogP contribution in [0.1, 0.15) is 66.7 Å². The van der Waals surface area contributed by atoms with Crippen LogP contribution in [-0.2, 0) is 19.2 Å². The molecule has 5 atom stereocenters. The van der Waals surface area contributed by atoms with Crippen molar-refractivity contribution in [2.45, 2.75) is 97.0 Å². The van der Waals surface area contributed by atoms with Crippen molar-refractivity contribution in [2.24, 2.45) is 23.3 Å². The lowest BCUT2D eigenvalue weighted by molar-refractivity contribution is -0.145. The van der Waals surface area contributed by atoms with E-state index < -0.39 is 54.0 Å². The molecule has 0 saturated carbocycles. The first-order valence-electron chi connectivity index (χ1n) is 11.6. The van der Waals surface area contributed by atoms with Crippen LogP contribution in [0.2, 0.25) is 0 Å². The van der Waals surface area contributed by atoms with Crippen molar-refractivity contribution in [2.75, 3.05) is 6.54 Å². The number of nitrogens with two attached hydrogens (primary N) is 2. The summed E-state index contributed by atoms with van der Waals surface area (Å²) in [6, 6.07) is -4.25. The van der Waals surface area contributed by atoms with Gasteiger partial charge in [0, 0.05) is 0 Å². The summed E-state index contributed by atoms with van der Waals surface area (Å²) in [5, 5.41) is 26.5. The van der Waals surface area contributed by atoms with Gasteiger partial charge in [-0.1, -0.05) is 27.7 Å². The number of hydrogen-bond acceptors (Lipinski definition) is 7. The van der Waals surface area contributed by atoms with Crippen molar-refractivity contribution >= 4 is 23.7 Å². The highest BCUT2D eigenvalue weighted by Crippen LogP contribution is 2.09. The lowest BCUT2D eigenvalue weighted by Gasteiger charge is -2.26. The van der Waals surface area contributed by atoms with E-state index in [4.69, 9.17) is 11.5 Å². The van der Waals surface area contributed by atoms with E-state index in [2.05, 4.69) is 16.0 Å². The zero-order chi connectivity index (χ0) is 25.7. The third-order valence-corrected chi connectivity index (χ3v) is 5.03. The Labute approximate surface area is 196 Å². The fourth-order valence-electron chi connectivity index (χ4n) is 3.27. The van der Waals surface area contributed by atoms with E-state index in [1.165, 1.54) is 6.92 Å². The normalized spacial score (nSPS) is 15.9.